The average molecular weight is 83.1 g/mol. The number of hydrogen-bond acceptors (Lipinski definition) is 0. The third-order valence-electron chi connectivity index (χ3n) is 0.594. The van der Waals surface area contributed by atoms with Gasteiger partial charge in [0.15, 0.2) is 0 Å². The molecule has 0 saturated carbocycles. The molecule has 7 heavy (non-hydrogen) atoms. The quantitative estimate of drug-likeness (QED) is 0.378. The third kappa shape index (κ3) is 6.32. The number of hydrogen-bond donors (Lipinski definition) is 0. The first-order valence-corrected chi connectivity index (χ1v) is 2.45. The summed E-state index contributed by atoms with van der Waals surface area (Å²) in [6, 6.07) is 0. The van der Waals surface area contributed by atoms with Crippen LogP contribution in [0.3, 0.4) is 0 Å². The molecule has 28 valence electrons. The second-order valence-electron chi connectivity index (χ2n) is 1.22. The molecule has 0 aliphatic rings. The van der Waals surface area contributed by atoms with E-state index in [0.717, 1.165) is 6.32 Å². The molecule has 0 spiro atoms. The van der Waals surface area contributed by atoms with Crippen molar-refractivity contribution >= 4 is 34.6 Å². The molecule has 0 rings (SSSR count). The zero-order valence-corrected chi connectivity index (χ0v) is 4.59. The Labute approximate surface area is 48.7 Å². The van der Waals surface area contributed by atoms with Gasteiger partial charge in [-0.15, -0.1) is 0 Å². The summed E-state index contributed by atoms with van der Waals surface area (Å²) in [5.74, 6) is 0. The Morgan fingerprint density at radius 2 is 2.14 bits per heavy atom. The molecule has 0 unspecified atom stereocenters. The predicted octanol–water partition coefficient (Wildman–Crippen LogP) is -0.930. The van der Waals surface area contributed by atoms with Crippen molar-refractivity contribution in [3.05, 3.63) is 0 Å². The van der Waals surface area contributed by atoms with Crippen LogP contribution in [0.15, 0.2) is 0 Å². The summed E-state index contributed by atoms with van der Waals surface area (Å²) in [5, 5.41) is 0. The van der Waals surface area contributed by atoms with Gasteiger partial charge in [-0.25, -0.2) is 0 Å². The molecule has 0 aromatic heterocycles. The molecule has 0 N–H and O–H groups in total. The maximum absolute atomic E-state index is 5.04. The second kappa shape index (κ2) is 6.32. The van der Waals surface area contributed by atoms with Crippen LogP contribution in [0.1, 0.15) is 6.92 Å². The van der Waals surface area contributed by atoms with Crippen molar-refractivity contribution < 1.29 is 0 Å². The van der Waals surface area contributed by atoms with Crippen LogP contribution >= 0.6 is 0 Å². The molecular formula is C2H5B5. The monoisotopic (exact) mass is 84.1 g/mol. The Bertz CT molecular complexity index is 74.1. The van der Waals surface area contributed by atoms with Gasteiger partial charge in [-0.1, -0.05) is 0 Å². The van der Waals surface area contributed by atoms with Crippen LogP contribution < -0.4 is 0 Å². The van der Waals surface area contributed by atoms with Crippen LogP contribution in [0.2, 0.25) is 6.32 Å². The molecule has 0 fully saturated rings. The molecule has 0 nitrogen and oxygen atoms in total. The van der Waals surface area contributed by atoms with E-state index in [2.05, 4.69) is 6.92 Å². The van der Waals surface area contributed by atoms with Crippen molar-refractivity contribution in [3.63, 3.8) is 0 Å². The van der Waals surface area contributed by atoms with E-state index in [1.165, 1.54) is 6.69 Å². The first kappa shape index (κ1) is 7.32. The first-order valence-electron chi connectivity index (χ1n) is 2.45. The predicted molar refractivity (Wildman–Crippen MR) is 39.3 cm³/mol. The Balaban J connectivity index is 3.09. The van der Waals surface area contributed by atoms with E-state index in [1.807, 2.05) is 20.2 Å². The summed E-state index contributed by atoms with van der Waals surface area (Å²) < 4.78 is 0. The van der Waals surface area contributed by atoms with Gasteiger partial charge < -0.3 is 0 Å². The maximum atomic E-state index is 5.04. The molecule has 0 heterocycles. The molecule has 5 heteroatoms. The Morgan fingerprint density at radius 1 is 1.43 bits per heavy atom. The molecule has 0 atom stereocenters. The summed E-state index contributed by atoms with van der Waals surface area (Å²) in [7, 11) is 5.04. The topological polar surface area (TPSA) is 0 Å². The molecule has 0 aromatic carbocycles. The summed E-state index contributed by atoms with van der Waals surface area (Å²) in [5.41, 5.74) is 0. The zero-order valence-electron chi connectivity index (χ0n) is 4.59. The van der Waals surface area contributed by atoms with Crippen LogP contribution in [-0.4, -0.2) is 34.6 Å². The summed E-state index contributed by atoms with van der Waals surface area (Å²) >= 11 is 0. The van der Waals surface area contributed by atoms with Crippen molar-refractivity contribution in [2.75, 3.05) is 0 Å². The summed E-state index contributed by atoms with van der Waals surface area (Å²) in [6.07, 6.45) is 1.07. The molecule has 0 bridgehead atoms. The van der Waals surface area contributed by atoms with E-state index in [0.29, 0.717) is 0 Å². The normalized spacial score (nSPS) is 7.00. The van der Waals surface area contributed by atoms with E-state index in [4.69, 9.17) is 7.74 Å². The van der Waals surface area contributed by atoms with Crippen LogP contribution in [0, 0.1) is 0 Å². The van der Waals surface area contributed by atoms with Crippen LogP contribution in [0.5, 0.6) is 0 Å². The van der Waals surface area contributed by atoms with Gasteiger partial charge >= 0.3 is 47.9 Å². The van der Waals surface area contributed by atoms with E-state index in [9.17, 15) is 0 Å². The first-order chi connectivity index (χ1) is 3.41. The van der Waals surface area contributed by atoms with Crippen molar-refractivity contribution in [1.29, 1.82) is 0 Å². The molecule has 0 saturated heterocycles. The van der Waals surface area contributed by atoms with Gasteiger partial charge in [0.25, 0.3) is 0 Å². The Kier molecular flexibility index (Phi) is 6.62. The van der Waals surface area contributed by atoms with E-state index >= 15 is 0 Å². The van der Waals surface area contributed by atoms with E-state index < -0.39 is 0 Å². The van der Waals surface area contributed by atoms with E-state index in [1.54, 1.807) is 0 Å². The molecular weight excluding hydrogens is 78.1 g/mol. The van der Waals surface area contributed by atoms with Gasteiger partial charge in [-0.3, -0.25) is 0 Å². The minimum absolute atomic E-state index is 1.07. The standard InChI is InChI=1S/C2H5B5/c1-2-4-6-7-5-3/h2H2,1H3. The fourth-order valence-corrected chi connectivity index (χ4v) is 0.279. The number of rotatable bonds is 2. The third-order valence-corrected chi connectivity index (χ3v) is 0.594. The van der Waals surface area contributed by atoms with Gasteiger partial charge in [0.05, 0.1) is 0 Å². The molecule has 2 radical (unpaired) electrons. The molecule has 0 aromatic rings. The zero-order chi connectivity index (χ0) is 5.54. The van der Waals surface area contributed by atoms with Crippen LogP contribution in [0.25, 0.3) is 0 Å². The van der Waals surface area contributed by atoms with Gasteiger partial charge in [0.1, 0.15) is 0 Å². The van der Waals surface area contributed by atoms with Gasteiger partial charge in [0, 0.05) is 0 Å². The fourth-order valence-electron chi connectivity index (χ4n) is 0.279. The van der Waals surface area contributed by atoms with Gasteiger partial charge in [-0.2, -0.15) is 0 Å². The minimum atomic E-state index is 1.07. The second-order valence-corrected chi connectivity index (χ2v) is 1.22. The molecule has 0 aliphatic heterocycles. The summed E-state index contributed by atoms with van der Waals surface area (Å²) in [6.45, 7) is 9.39. The Hall–Kier alpha value is 0.325. The van der Waals surface area contributed by atoms with Crippen LogP contribution in [0.4, 0.5) is 0 Å². The summed E-state index contributed by atoms with van der Waals surface area (Å²) in [4.78, 5) is 0. The Morgan fingerprint density at radius 3 is 2.57 bits per heavy atom. The molecule has 0 aliphatic carbocycles. The van der Waals surface area contributed by atoms with Crippen molar-refractivity contribution in [3.8, 4) is 0 Å². The van der Waals surface area contributed by atoms with Crippen molar-refractivity contribution in [2.24, 2.45) is 0 Å². The molecule has 0 amide bonds. The van der Waals surface area contributed by atoms with Gasteiger partial charge in [-0.05, 0) is 0 Å². The van der Waals surface area contributed by atoms with Crippen LogP contribution in [-0.2, 0) is 0 Å². The van der Waals surface area contributed by atoms with Crippen molar-refractivity contribution in [1.82, 2.24) is 0 Å². The van der Waals surface area contributed by atoms with E-state index in [-0.39, 0.29) is 0 Å². The fraction of sp³-hybridized carbons (Fsp3) is 1.00. The van der Waals surface area contributed by atoms with Crippen molar-refractivity contribution in [2.45, 2.75) is 13.2 Å². The SMILES string of the molecule is [B]B=BB=BCC. The van der Waals surface area contributed by atoms with Gasteiger partial charge in [0.2, 0.25) is 0 Å². The average Bonchev–Trinajstić information content (AvgIpc) is 1.69.